The predicted octanol–water partition coefficient (Wildman–Crippen LogP) is 1.86. The summed E-state index contributed by atoms with van der Waals surface area (Å²) in [6, 6.07) is 3.20. The lowest BCUT2D eigenvalue weighted by Crippen LogP contribution is -2.40. The summed E-state index contributed by atoms with van der Waals surface area (Å²) in [7, 11) is 0. The molecule has 1 fully saturated rings. The number of benzene rings is 1. The highest BCUT2D eigenvalue weighted by Crippen LogP contribution is 2.53. The van der Waals surface area contributed by atoms with Gasteiger partial charge in [-0.3, -0.25) is 0 Å². The van der Waals surface area contributed by atoms with Crippen molar-refractivity contribution in [2.24, 2.45) is 16.6 Å². The summed E-state index contributed by atoms with van der Waals surface area (Å²) in [5, 5.41) is 0. The quantitative estimate of drug-likeness (QED) is 0.878. The maximum atomic E-state index is 13.8. The van der Waals surface area contributed by atoms with Crippen LogP contribution in [0.15, 0.2) is 23.2 Å². The van der Waals surface area contributed by atoms with Gasteiger partial charge in [-0.15, -0.1) is 0 Å². The standard InChI is InChI=1S/C12H11F3N2O/c13-5-12(6-4-9(6)18-11(16)17-12)10-7(14)2-1-3-8(10)15/h1-3,6,9H,4-5H2,(H2,16,17)/t6?,9?,12-/m1/s1. The number of halogens is 3. The minimum Gasteiger partial charge on any atom is -0.462 e. The van der Waals surface area contributed by atoms with E-state index in [1.54, 1.807) is 0 Å². The average Bonchev–Trinajstić information content (AvgIpc) is 3.07. The first-order valence-electron chi connectivity index (χ1n) is 5.61. The topological polar surface area (TPSA) is 47.6 Å². The van der Waals surface area contributed by atoms with Crippen molar-refractivity contribution in [3.63, 3.8) is 0 Å². The van der Waals surface area contributed by atoms with Crippen LogP contribution in [0.4, 0.5) is 13.2 Å². The lowest BCUT2D eigenvalue weighted by molar-refractivity contribution is 0.164. The first-order valence-corrected chi connectivity index (χ1v) is 5.61. The Morgan fingerprint density at radius 1 is 1.39 bits per heavy atom. The first-order chi connectivity index (χ1) is 8.58. The van der Waals surface area contributed by atoms with Crippen LogP contribution in [0, 0.1) is 17.6 Å². The molecule has 0 bridgehead atoms. The van der Waals surface area contributed by atoms with Crippen molar-refractivity contribution in [3.8, 4) is 0 Å². The van der Waals surface area contributed by atoms with Gasteiger partial charge in [0.1, 0.15) is 30.0 Å². The van der Waals surface area contributed by atoms with Gasteiger partial charge in [-0.2, -0.15) is 0 Å². The summed E-state index contributed by atoms with van der Waals surface area (Å²) in [5.74, 6) is -1.98. The molecule has 0 radical (unpaired) electrons. The monoisotopic (exact) mass is 256 g/mol. The zero-order valence-corrected chi connectivity index (χ0v) is 9.37. The molecule has 3 rings (SSSR count). The number of hydrogen-bond acceptors (Lipinski definition) is 3. The van der Waals surface area contributed by atoms with Crippen LogP contribution in [0.25, 0.3) is 0 Å². The SMILES string of the molecule is NC1=N[C@@](CF)(c2c(F)cccc2F)C2CC2O1. The number of rotatable bonds is 2. The summed E-state index contributed by atoms with van der Waals surface area (Å²) in [6.07, 6.45) is 0.208. The molecule has 2 aliphatic rings. The fourth-order valence-electron chi connectivity index (χ4n) is 2.61. The van der Waals surface area contributed by atoms with Gasteiger partial charge >= 0.3 is 0 Å². The molecule has 2 N–H and O–H groups in total. The highest BCUT2D eigenvalue weighted by atomic mass is 19.1. The van der Waals surface area contributed by atoms with E-state index in [-0.39, 0.29) is 23.6 Å². The van der Waals surface area contributed by atoms with Crippen molar-refractivity contribution in [2.75, 3.05) is 6.67 Å². The molecule has 1 saturated carbocycles. The number of fused-ring (bicyclic) bond motifs is 1. The van der Waals surface area contributed by atoms with Crippen LogP contribution >= 0.6 is 0 Å². The molecule has 96 valence electrons. The molecule has 1 heterocycles. The van der Waals surface area contributed by atoms with E-state index in [9.17, 15) is 13.2 Å². The molecule has 6 heteroatoms. The van der Waals surface area contributed by atoms with Crippen LogP contribution in [-0.4, -0.2) is 18.8 Å². The molecule has 1 aromatic rings. The molecular formula is C12H11F3N2O. The predicted molar refractivity (Wildman–Crippen MR) is 58.6 cm³/mol. The van der Waals surface area contributed by atoms with Crippen molar-refractivity contribution in [1.82, 2.24) is 0 Å². The van der Waals surface area contributed by atoms with Gasteiger partial charge in [0.2, 0.25) is 0 Å². The average molecular weight is 256 g/mol. The Bertz CT molecular complexity index is 514. The Kier molecular flexibility index (Phi) is 2.30. The lowest BCUT2D eigenvalue weighted by Gasteiger charge is -2.31. The first kappa shape index (κ1) is 11.4. The minimum atomic E-state index is -1.58. The molecule has 1 aromatic carbocycles. The van der Waals surface area contributed by atoms with Gasteiger partial charge < -0.3 is 10.5 Å². The van der Waals surface area contributed by atoms with Crippen molar-refractivity contribution in [3.05, 3.63) is 35.4 Å². The Morgan fingerprint density at radius 2 is 2.06 bits per heavy atom. The zero-order chi connectivity index (χ0) is 12.9. The van der Waals surface area contributed by atoms with Crippen LogP contribution in [0.5, 0.6) is 0 Å². The van der Waals surface area contributed by atoms with Crippen molar-refractivity contribution in [2.45, 2.75) is 18.1 Å². The van der Waals surface area contributed by atoms with Crippen LogP contribution in [0.2, 0.25) is 0 Å². The number of amidine groups is 1. The number of aliphatic imine (C=N–C) groups is 1. The van der Waals surface area contributed by atoms with E-state index in [0.717, 1.165) is 12.1 Å². The second-order valence-electron chi connectivity index (χ2n) is 4.60. The van der Waals surface area contributed by atoms with Crippen molar-refractivity contribution < 1.29 is 17.9 Å². The van der Waals surface area contributed by atoms with E-state index in [2.05, 4.69) is 4.99 Å². The van der Waals surface area contributed by atoms with Gasteiger partial charge in [-0.1, -0.05) is 6.07 Å². The molecule has 2 unspecified atom stereocenters. The summed E-state index contributed by atoms with van der Waals surface area (Å²) < 4.78 is 46.3. The number of nitrogens with two attached hydrogens (primary N) is 1. The van der Waals surface area contributed by atoms with E-state index in [1.807, 2.05) is 0 Å². The molecule has 0 aromatic heterocycles. The third-order valence-electron chi connectivity index (χ3n) is 3.53. The third kappa shape index (κ3) is 1.41. The van der Waals surface area contributed by atoms with Gasteiger partial charge in [0.05, 0.1) is 5.56 Å². The Labute approximate surface area is 101 Å². The molecule has 1 aliphatic heterocycles. The van der Waals surface area contributed by atoms with E-state index >= 15 is 0 Å². The molecular weight excluding hydrogens is 245 g/mol. The highest BCUT2D eigenvalue weighted by molar-refractivity contribution is 5.74. The molecule has 3 nitrogen and oxygen atoms in total. The van der Waals surface area contributed by atoms with Gasteiger partial charge in [0, 0.05) is 5.92 Å². The molecule has 0 spiro atoms. The largest absolute Gasteiger partial charge is 0.462 e. The molecule has 0 saturated heterocycles. The van der Waals surface area contributed by atoms with Gasteiger partial charge in [0.25, 0.3) is 6.02 Å². The molecule has 18 heavy (non-hydrogen) atoms. The van der Waals surface area contributed by atoms with Crippen LogP contribution in [0.3, 0.4) is 0 Å². The van der Waals surface area contributed by atoms with E-state index in [1.165, 1.54) is 6.07 Å². The smallest absolute Gasteiger partial charge is 0.283 e. The van der Waals surface area contributed by atoms with Crippen molar-refractivity contribution >= 4 is 6.02 Å². The molecule has 1 aliphatic carbocycles. The fourth-order valence-corrected chi connectivity index (χ4v) is 2.61. The van der Waals surface area contributed by atoms with E-state index < -0.39 is 23.8 Å². The summed E-state index contributed by atoms with van der Waals surface area (Å²) >= 11 is 0. The summed E-state index contributed by atoms with van der Waals surface area (Å²) in [5.41, 5.74) is 3.52. The Hall–Kier alpha value is -1.72. The Morgan fingerprint density at radius 3 is 2.67 bits per heavy atom. The fraction of sp³-hybridized carbons (Fsp3) is 0.417. The maximum Gasteiger partial charge on any atom is 0.283 e. The maximum absolute atomic E-state index is 13.8. The van der Waals surface area contributed by atoms with Gasteiger partial charge in [-0.25, -0.2) is 18.2 Å². The zero-order valence-electron chi connectivity index (χ0n) is 9.37. The molecule has 3 atom stereocenters. The number of ether oxygens (including phenoxy) is 1. The minimum absolute atomic E-state index is 0.214. The van der Waals surface area contributed by atoms with Crippen LogP contribution < -0.4 is 5.73 Å². The third-order valence-corrected chi connectivity index (χ3v) is 3.53. The number of nitrogens with zero attached hydrogens (tertiary/aromatic N) is 1. The highest BCUT2D eigenvalue weighted by Gasteiger charge is 2.60. The van der Waals surface area contributed by atoms with Crippen LogP contribution in [-0.2, 0) is 10.3 Å². The Balaban J connectivity index is 2.20. The second kappa shape index (κ2) is 3.63. The van der Waals surface area contributed by atoms with Crippen LogP contribution in [0.1, 0.15) is 12.0 Å². The van der Waals surface area contributed by atoms with Gasteiger partial charge in [0.15, 0.2) is 0 Å². The summed E-state index contributed by atoms with van der Waals surface area (Å²) in [6.45, 7) is -1.00. The second-order valence-corrected chi connectivity index (χ2v) is 4.60. The van der Waals surface area contributed by atoms with Crippen molar-refractivity contribution in [1.29, 1.82) is 0 Å². The number of alkyl halides is 1. The lowest BCUT2D eigenvalue weighted by atomic mass is 9.85. The van der Waals surface area contributed by atoms with Gasteiger partial charge in [-0.05, 0) is 18.6 Å². The number of hydrogen-bond donors (Lipinski definition) is 1. The summed E-state index contributed by atoms with van der Waals surface area (Å²) in [4.78, 5) is 3.86. The molecule has 0 amide bonds. The van der Waals surface area contributed by atoms with E-state index in [0.29, 0.717) is 6.42 Å². The van der Waals surface area contributed by atoms with E-state index in [4.69, 9.17) is 10.5 Å². The normalized spacial score (nSPS) is 33.4.